The van der Waals surface area contributed by atoms with Crippen molar-refractivity contribution < 1.29 is 14.5 Å². The first kappa shape index (κ1) is 18.9. The number of benzene rings is 2. The Bertz CT molecular complexity index is 1070. The summed E-state index contributed by atoms with van der Waals surface area (Å²) in [5.74, 6) is -0.343. The molecule has 1 heterocycles. The van der Waals surface area contributed by atoms with Crippen molar-refractivity contribution >= 4 is 33.1 Å². The number of nitro benzene ring substituents is 1. The summed E-state index contributed by atoms with van der Waals surface area (Å²) >= 11 is 1.33. The van der Waals surface area contributed by atoms with Gasteiger partial charge >= 0.3 is 0 Å². The van der Waals surface area contributed by atoms with Gasteiger partial charge in [0.25, 0.3) is 11.6 Å². The van der Waals surface area contributed by atoms with Crippen molar-refractivity contribution in [3.05, 3.63) is 68.5 Å². The first-order chi connectivity index (χ1) is 13.0. The number of aryl methyl sites for hydroxylation is 1. The number of carbonyl (C=O) groups excluding carboxylic acids is 1. The van der Waals surface area contributed by atoms with E-state index in [1.165, 1.54) is 23.5 Å². The topological polar surface area (TPSA) is 86.7 Å². The second-order valence-corrected chi connectivity index (χ2v) is 6.94. The number of rotatable bonds is 6. The zero-order chi connectivity index (χ0) is 19.4. The van der Waals surface area contributed by atoms with Crippen LogP contribution in [-0.4, -0.2) is 28.6 Å². The van der Waals surface area contributed by atoms with Gasteiger partial charge in [-0.05, 0) is 32.0 Å². The van der Waals surface area contributed by atoms with Crippen LogP contribution in [0.5, 0.6) is 0 Å². The van der Waals surface area contributed by atoms with Crippen molar-refractivity contribution in [2.24, 2.45) is 4.99 Å². The van der Waals surface area contributed by atoms with Gasteiger partial charge in [-0.15, -0.1) is 0 Å². The molecular formula is C19H19N3O4S. The average molecular weight is 385 g/mol. The molecule has 8 heteroatoms. The van der Waals surface area contributed by atoms with E-state index in [2.05, 4.69) is 4.99 Å². The molecule has 0 spiro atoms. The number of amides is 1. The molecule has 3 aromatic rings. The lowest BCUT2D eigenvalue weighted by Crippen LogP contribution is -2.19. The van der Waals surface area contributed by atoms with Gasteiger partial charge in [0.05, 0.1) is 21.7 Å². The molecule has 140 valence electrons. The second-order valence-electron chi connectivity index (χ2n) is 5.93. The van der Waals surface area contributed by atoms with Crippen molar-refractivity contribution in [3.8, 4) is 0 Å². The highest BCUT2D eigenvalue weighted by atomic mass is 32.1. The number of ether oxygens (including phenoxy) is 1. The van der Waals surface area contributed by atoms with Gasteiger partial charge in [0.2, 0.25) is 0 Å². The molecule has 1 amide bonds. The predicted molar refractivity (Wildman–Crippen MR) is 104 cm³/mol. The zero-order valence-corrected chi connectivity index (χ0v) is 15.9. The minimum Gasteiger partial charge on any atom is -0.380 e. The van der Waals surface area contributed by atoms with E-state index >= 15 is 0 Å². The Labute approximate surface area is 159 Å². The van der Waals surface area contributed by atoms with Gasteiger partial charge in [-0.1, -0.05) is 29.0 Å². The Balaban J connectivity index is 2.11. The van der Waals surface area contributed by atoms with E-state index in [0.717, 1.165) is 10.3 Å². The summed E-state index contributed by atoms with van der Waals surface area (Å²) in [5.41, 5.74) is 2.16. The Morgan fingerprint density at radius 3 is 2.81 bits per heavy atom. The highest BCUT2D eigenvalue weighted by Crippen LogP contribution is 2.23. The fourth-order valence-corrected chi connectivity index (χ4v) is 3.74. The van der Waals surface area contributed by atoms with Crippen LogP contribution in [0.25, 0.3) is 10.2 Å². The Morgan fingerprint density at radius 2 is 2.11 bits per heavy atom. The standard InChI is InChI=1S/C19H19N3O4S/c1-3-26-10-9-21-16-12-15(22(24)25)7-8-17(16)27-19(21)20-18(23)14-6-4-5-13(2)11-14/h4-8,11-12H,3,9-10H2,1-2H3. The fourth-order valence-electron chi connectivity index (χ4n) is 2.70. The molecule has 0 unspecified atom stereocenters. The van der Waals surface area contributed by atoms with Crippen LogP contribution in [0.4, 0.5) is 5.69 Å². The third kappa shape index (κ3) is 4.29. The van der Waals surface area contributed by atoms with Gasteiger partial charge in [0.1, 0.15) is 0 Å². The number of nitro groups is 1. The van der Waals surface area contributed by atoms with E-state index in [1.807, 2.05) is 26.0 Å². The molecule has 0 N–H and O–H groups in total. The summed E-state index contributed by atoms with van der Waals surface area (Å²) in [6.07, 6.45) is 0. The molecule has 0 aliphatic rings. The molecule has 0 fully saturated rings. The summed E-state index contributed by atoms with van der Waals surface area (Å²) in [4.78, 5) is 28.0. The van der Waals surface area contributed by atoms with Crippen LogP contribution < -0.4 is 4.80 Å². The lowest BCUT2D eigenvalue weighted by Gasteiger charge is -2.05. The molecule has 0 aliphatic carbocycles. The summed E-state index contributed by atoms with van der Waals surface area (Å²) in [6.45, 7) is 5.26. The molecule has 27 heavy (non-hydrogen) atoms. The molecule has 0 saturated heterocycles. The van der Waals surface area contributed by atoms with Crippen LogP contribution in [0.2, 0.25) is 0 Å². The smallest absolute Gasteiger partial charge is 0.279 e. The van der Waals surface area contributed by atoms with Crippen LogP contribution in [0, 0.1) is 17.0 Å². The van der Waals surface area contributed by atoms with Gasteiger partial charge in [-0.25, -0.2) is 0 Å². The SMILES string of the molecule is CCOCCn1c(=NC(=O)c2cccc(C)c2)sc2ccc([N+](=O)[O-])cc21. The maximum absolute atomic E-state index is 12.6. The van der Waals surface area contributed by atoms with E-state index in [0.29, 0.717) is 35.6 Å². The molecule has 0 aliphatic heterocycles. The van der Waals surface area contributed by atoms with Gasteiger partial charge in [-0.3, -0.25) is 14.9 Å². The number of hydrogen-bond acceptors (Lipinski definition) is 5. The second kappa shape index (κ2) is 8.24. The maximum atomic E-state index is 12.6. The highest BCUT2D eigenvalue weighted by Gasteiger charge is 2.13. The normalized spacial score (nSPS) is 11.9. The van der Waals surface area contributed by atoms with Crippen molar-refractivity contribution in [2.75, 3.05) is 13.2 Å². The number of hydrogen-bond donors (Lipinski definition) is 0. The van der Waals surface area contributed by atoms with E-state index in [-0.39, 0.29) is 11.6 Å². The lowest BCUT2D eigenvalue weighted by atomic mass is 10.1. The van der Waals surface area contributed by atoms with Crippen molar-refractivity contribution in [1.29, 1.82) is 0 Å². The number of nitrogens with zero attached hydrogens (tertiary/aromatic N) is 3. The number of fused-ring (bicyclic) bond motifs is 1. The summed E-state index contributed by atoms with van der Waals surface area (Å²) in [5, 5.41) is 11.1. The van der Waals surface area contributed by atoms with Gasteiger partial charge in [0, 0.05) is 30.8 Å². The maximum Gasteiger partial charge on any atom is 0.279 e. The molecule has 3 rings (SSSR count). The molecule has 0 atom stereocenters. The fraction of sp³-hybridized carbons (Fsp3) is 0.263. The minimum absolute atomic E-state index is 0.00187. The molecule has 0 bridgehead atoms. The monoisotopic (exact) mass is 385 g/mol. The third-order valence-corrected chi connectivity index (χ3v) is 5.06. The quantitative estimate of drug-likeness (QED) is 0.368. The van der Waals surface area contributed by atoms with Crippen molar-refractivity contribution in [3.63, 3.8) is 0 Å². The first-order valence-corrected chi connectivity index (χ1v) is 9.32. The largest absolute Gasteiger partial charge is 0.380 e. The first-order valence-electron chi connectivity index (χ1n) is 8.51. The van der Waals surface area contributed by atoms with Gasteiger partial charge in [-0.2, -0.15) is 4.99 Å². The zero-order valence-electron chi connectivity index (χ0n) is 15.0. The van der Waals surface area contributed by atoms with Gasteiger partial charge in [0.15, 0.2) is 4.80 Å². The van der Waals surface area contributed by atoms with Crippen molar-refractivity contribution in [2.45, 2.75) is 20.4 Å². The van der Waals surface area contributed by atoms with Crippen LogP contribution in [-0.2, 0) is 11.3 Å². The summed E-state index contributed by atoms with van der Waals surface area (Å²) in [7, 11) is 0. The van der Waals surface area contributed by atoms with Crippen LogP contribution in [0.3, 0.4) is 0 Å². The predicted octanol–water partition coefficient (Wildman–Crippen LogP) is 3.70. The Morgan fingerprint density at radius 1 is 1.30 bits per heavy atom. The number of non-ortho nitro benzene ring substituents is 1. The summed E-state index contributed by atoms with van der Waals surface area (Å²) in [6, 6.07) is 11.9. The van der Waals surface area contributed by atoms with Gasteiger partial charge < -0.3 is 9.30 Å². The van der Waals surface area contributed by atoms with E-state index in [9.17, 15) is 14.9 Å². The van der Waals surface area contributed by atoms with Crippen LogP contribution >= 0.6 is 11.3 Å². The third-order valence-electron chi connectivity index (χ3n) is 4.00. The lowest BCUT2D eigenvalue weighted by molar-refractivity contribution is -0.384. The number of aromatic nitrogens is 1. The Kier molecular flexibility index (Phi) is 5.78. The molecule has 7 nitrogen and oxygen atoms in total. The number of thiazole rings is 1. The molecular weight excluding hydrogens is 366 g/mol. The highest BCUT2D eigenvalue weighted by molar-refractivity contribution is 7.16. The van der Waals surface area contributed by atoms with E-state index in [1.54, 1.807) is 22.8 Å². The minimum atomic E-state index is -0.432. The van der Waals surface area contributed by atoms with E-state index < -0.39 is 4.92 Å². The molecule has 1 aromatic heterocycles. The van der Waals surface area contributed by atoms with Crippen molar-refractivity contribution in [1.82, 2.24) is 4.57 Å². The van der Waals surface area contributed by atoms with Crippen LogP contribution in [0.1, 0.15) is 22.8 Å². The summed E-state index contributed by atoms with van der Waals surface area (Å²) < 4.78 is 8.05. The van der Waals surface area contributed by atoms with E-state index in [4.69, 9.17) is 4.74 Å². The Hall–Kier alpha value is -2.84. The number of carbonyl (C=O) groups is 1. The molecule has 0 radical (unpaired) electrons. The van der Waals surface area contributed by atoms with Crippen LogP contribution in [0.15, 0.2) is 47.5 Å². The average Bonchev–Trinajstić information content (AvgIpc) is 2.98. The molecule has 0 saturated carbocycles. The molecule has 2 aromatic carbocycles.